The Morgan fingerprint density at radius 3 is 2.58 bits per heavy atom. The number of aryl methyl sites for hydroxylation is 3. The average Bonchev–Trinajstić information content (AvgIpc) is 2.91. The Labute approximate surface area is 116 Å². The summed E-state index contributed by atoms with van der Waals surface area (Å²) in [5.41, 5.74) is 2.96. The van der Waals surface area contributed by atoms with Crippen molar-refractivity contribution in [1.29, 1.82) is 0 Å². The Kier molecular flexibility index (Phi) is 2.96. The third-order valence-electron chi connectivity index (χ3n) is 3.33. The monoisotopic (exact) mass is 272 g/mol. The Morgan fingerprint density at radius 2 is 1.89 bits per heavy atom. The minimum atomic E-state index is -0.683. The van der Waals surface area contributed by atoms with E-state index in [2.05, 4.69) is 19.9 Å². The van der Waals surface area contributed by atoms with Gasteiger partial charge < -0.3 is 9.52 Å². The minimum absolute atomic E-state index is 0.612. The van der Waals surface area contributed by atoms with E-state index in [-0.39, 0.29) is 0 Å². The van der Waals surface area contributed by atoms with Crippen LogP contribution in [-0.4, -0.2) is 5.11 Å². The van der Waals surface area contributed by atoms with Crippen LogP contribution in [-0.2, 0) is 0 Å². The Balaban J connectivity index is 2.06. The maximum Gasteiger partial charge on any atom is 0.138 e. The number of aliphatic hydroxyl groups is 1. The van der Waals surface area contributed by atoms with E-state index in [0.29, 0.717) is 5.76 Å². The first kappa shape index (κ1) is 12.5. The van der Waals surface area contributed by atoms with Crippen LogP contribution in [0.25, 0.3) is 11.0 Å². The summed E-state index contributed by atoms with van der Waals surface area (Å²) in [4.78, 5) is 2.35. The average molecular weight is 272 g/mol. The molecule has 98 valence electrons. The Bertz CT molecular complexity index is 736. The molecule has 1 N–H and O–H groups in total. The summed E-state index contributed by atoms with van der Waals surface area (Å²) in [6, 6.07) is 10.00. The number of rotatable bonds is 2. The Hall–Kier alpha value is -1.58. The van der Waals surface area contributed by atoms with E-state index in [1.165, 1.54) is 10.4 Å². The first-order valence-corrected chi connectivity index (χ1v) is 7.11. The molecule has 1 atom stereocenters. The molecule has 0 saturated carbocycles. The predicted octanol–water partition coefficient (Wildman–Crippen LogP) is 4.50. The molecule has 3 aromatic rings. The van der Waals surface area contributed by atoms with E-state index in [1.807, 2.05) is 31.2 Å². The van der Waals surface area contributed by atoms with Crippen LogP contribution in [0.5, 0.6) is 0 Å². The number of furan rings is 1. The molecule has 0 radical (unpaired) electrons. The molecule has 3 rings (SSSR count). The molecule has 2 nitrogen and oxygen atoms in total. The summed E-state index contributed by atoms with van der Waals surface area (Å²) in [7, 11) is 0. The highest BCUT2D eigenvalue weighted by molar-refractivity contribution is 7.12. The van der Waals surface area contributed by atoms with Crippen molar-refractivity contribution >= 4 is 22.3 Å². The molecule has 1 aromatic carbocycles. The van der Waals surface area contributed by atoms with Crippen molar-refractivity contribution in [2.75, 3.05) is 0 Å². The standard InChI is InChI=1S/C16H16O2S/c1-9-4-5-14-12(6-9)8-15(18-14)16(17)13-7-10(2)19-11(13)3/h4-8,16-17H,1-3H3. The molecular formula is C16H16O2S. The minimum Gasteiger partial charge on any atom is -0.458 e. The van der Waals surface area contributed by atoms with Gasteiger partial charge in [-0.1, -0.05) is 11.6 Å². The molecule has 0 bridgehead atoms. The first-order valence-electron chi connectivity index (χ1n) is 6.29. The molecule has 2 aromatic heterocycles. The molecule has 0 amide bonds. The first-order chi connectivity index (χ1) is 9.04. The highest BCUT2D eigenvalue weighted by Crippen LogP contribution is 2.33. The summed E-state index contributed by atoms with van der Waals surface area (Å²) in [5.74, 6) is 0.612. The molecule has 2 heterocycles. The summed E-state index contributed by atoms with van der Waals surface area (Å²) >= 11 is 1.70. The zero-order chi connectivity index (χ0) is 13.6. The van der Waals surface area contributed by atoms with Gasteiger partial charge in [0.15, 0.2) is 0 Å². The van der Waals surface area contributed by atoms with Crippen molar-refractivity contribution in [3.05, 3.63) is 57.0 Å². The van der Waals surface area contributed by atoms with Crippen LogP contribution in [0.3, 0.4) is 0 Å². The van der Waals surface area contributed by atoms with Crippen molar-refractivity contribution in [2.24, 2.45) is 0 Å². The molecule has 0 saturated heterocycles. The van der Waals surface area contributed by atoms with Gasteiger partial charge in [-0.3, -0.25) is 0 Å². The maximum absolute atomic E-state index is 10.5. The summed E-state index contributed by atoms with van der Waals surface area (Å²) in [5, 5.41) is 11.5. The SMILES string of the molecule is Cc1ccc2oc(C(O)c3cc(C)sc3C)cc2c1. The van der Waals surface area contributed by atoms with E-state index in [9.17, 15) is 5.11 Å². The second-order valence-electron chi connectivity index (χ2n) is 4.96. The van der Waals surface area contributed by atoms with Crippen LogP contribution in [0.15, 0.2) is 34.7 Å². The van der Waals surface area contributed by atoms with Gasteiger partial charge in [0, 0.05) is 20.7 Å². The zero-order valence-corrected chi connectivity index (χ0v) is 12.0. The molecule has 0 spiro atoms. The molecule has 0 aliphatic rings. The molecule has 1 unspecified atom stereocenters. The fraction of sp³-hybridized carbons (Fsp3) is 0.250. The molecular weight excluding hydrogens is 256 g/mol. The van der Waals surface area contributed by atoms with Gasteiger partial charge >= 0.3 is 0 Å². The van der Waals surface area contributed by atoms with Gasteiger partial charge in [0.1, 0.15) is 17.4 Å². The maximum atomic E-state index is 10.5. The van der Waals surface area contributed by atoms with Crippen LogP contribution in [0.4, 0.5) is 0 Å². The highest BCUT2D eigenvalue weighted by atomic mass is 32.1. The van der Waals surface area contributed by atoms with E-state index in [1.54, 1.807) is 11.3 Å². The number of aliphatic hydroxyl groups excluding tert-OH is 1. The lowest BCUT2D eigenvalue weighted by atomic mass is 10.1. The Morgan fingerprint density at radius 1 is 1.11 bits per heavy atom. The van der Waals surface area contributed by atoms with Gasteiger partial charge in [-0.05, 0) is 45.0 Å². The van der Waals surface area contributed by atoms with Crippen LogP contribution in [0.1, 0.15) is 32.7 Å². The van der Waals surface area contributed by atoms with Crippen molar-refractivity contribution in [2.45, 2.75) is 26.9 Å². The number of thiophene rings is 1. The van der Waals surface area contributed by atoms with Gasteiger partial charge in [0.25, 0.3) is 0 Å². The number of benzene rings is 1. The van der Waals surface area contributed by atoms with Gasteiger partial charge in [-0.15, -0.1) is 11.3 Å². The number of hydrogen-bond donors (Lipinski definition) is 1. The third kappa shape index (κ3) is 2.20. The van der Waals surface area contributed by atoms with Gasteiger partial charge in [0.2, 0.25) is 0 Å². The predicted molar refractivity (Wildman–Crippen MR) is 78.8 cm³/mol. The lowest BCUT2D eigenvalue weighted by Gasteiger charge is -2.06. The smallest absolute Gasteiger partial charge is 0.138 e. The van der Waals surface area contributed by atoms with Crippen molar-refractivity contribution in [3.63, 3.8) is 0 Å². The second-order valence-corrected chi connectivity index (χ2v) is 6.42. The van der Waals surface area contributed by atoms with Crippen LogP contribution in [0, 0.1) is 20.8 Å². The topological polar surface area (TPSA) is 33.4 Å². The fourth-order valence-corrected chi connectivity index (χ4v) is 3.35. The quantitative estimate of drug-likeness (QED) is 0.745. The van der Waals surface area contributed by atoms with Crippen molar-refractivity contribution in [3.8, 4) is 0 Å². The molecule has 0 aliphatic heterocycles. The fourth-order valence-electron chi connectivity index (χ4n) is 2.39. The summed E-state index contributed by atoms with van der Waals surface area (Å²) < 4.78 is 5.76. The van der Waals surface area contributed by atoms with Crippen LogP contribution in [0.2, 0.25) is 0 Å². The van der Waals surface area contributed by atoms with E-state index < -0.39 is 6.10 Å². The third-order valence-corrected chi connectivity index (χ3v) is 4.32. The largest absolute Gasteiger partial charge is 0.458 e. The van der Waals surface area contributed by atoms with E-state index in [0.717, 1.165) is 21.4 Å². The molecule has 0 aliphatic carbocycles. The lowest BCUT2D eigenvalue weighted by molar-refractivity contribution is 0.192. The summed E-state index contributed by atoms with van der Waals surface area (Å²) in [6.07, 6.45) is -0.683. The second kappa shape index (κ2) is 4.51. The summed E-state index contributed by atoms with van der Waals surface area (Å²) in [6.45, 7) is 6.13. The molecule has 0 fully saturated rings. The zero-order valence-electron chi connectivity index (χ0n) is 11.2. The number of fused-ring (bicyclic) bond motifs is 1. The molecule has 19 heavy (non-hydrogen) atoms. The lowest BCUT2D eigenvalue weighted by Crippen LogP contribution is -1.97. The van der Waals surface area contributed by atoms with Crippen molar-refractivity contribution < 1.29 is 9.52 Å². The van der Waals surface area contributed by atoms with Crippen molar-refractivity contribution in [1.82, 2.24) is 0 Å². The number of hydrogen-bond acceptors (Lipinski definition) is 3. The molecule has 3 heteroatoms. The normalized spacial score (nSPS) is 13.1. The van der Waals surface area contributed by atoms with Crippen LogP contribution >= 0.6 is 11.3 Å². The van der Waals surface area contributed by atoms with Gasteiger partial charge in [0.05, 0.1) is 0 Å². The van der Waals surface area contributed by atoms with Gasteiger partial charge in [-0.25, -0.2) is 0 Å². The van der Waals surface area contributed by atoms with E-state index >= 15 is 0 Å². The highest BCUT2D eigenvalue weighted by Gasteiger charge is 2.19. The van der Waals surface area contributed by atoms with Gasteiger partial charge in [-0.2, -0.15) is 0 Å². The van der Waals surface area contributed by atoms with E-state index in [4.69, 9.17) is 4.42 Å². The van der Waals surface area contributed by atoms with Crippen LogP contribution < -0.4 is 0 Å².